The number of anilines is 1. The Hall–Kier alpha value is -2.32. The van der Waals surface area contributed by atoms with Gasteiger partial charge in [0.05, 0.1) is 10.6 Å². The number of hydrogen-bond donors (Lipinski definition) is 0. The second kappa shape index (κ2) is 7.26. The fraction of sp³-hybridized carbons (Fsp3) is 0.350. The molecule has 1 amide bonds. The van der Waals surface area contributed by atoms with Gasteiger partial charge in [-0.2, -0.15) is 4.31 Å². The van der Waals surface area contributed by atoms with Gasteiger partial charge in [0.2, 0.25) is 10.0 Å². The van der Waals surface area contributed by atoms with Gasteiger partial charge in [0.1, 0.15) is 14.5 Å². The third kappa shape index (κ3) is 3.31. The van der Waals surface area contributed by atoms with Crippen LogP contribution >= 0.6 is 0 Å². The van der Waals surface area contributed by atoms with E-state index in [-0.39, 0.29) is 18.7 Å². The first-order valence-corrected chi connectivity index (χ1v) is 10.9. The highest BCUT2D eigenvalue weighted by Crippen LogP contribution is 2.35. The number of fused-ring (bicyclic) bond motifs is 1. The molecule has 4 rings (SSSR count). The van der Waals surface area contributed by atoms with Crippen LogP contribution in [0.5, 0.6) is 0 Å². The molecule has 2 aromatic carbocycles. The number of para-hydroxylation sites is 1. The molecule has 6 nitrogen and oxygen atoms in total. The van der Waals surface area contributed by atoms with E-state index in [0.29, 0.717) is 30.8 Å². The van der Waals surface area contributed by atoms with E-state index in [4.69, 9.17) is 4.74 Å². The zero-order valence-electron chi connectivity index (χ0n) is 16.1. The Morgan fingerprint density at radius 2 is 1.75 bits per heavy atom. The Balaban J connectivity index is 1.54. The molecule has 146 valence electrons. The quantitative estimate of drug-likeness (QED) is 0.737. The molecule has 0 saturated carbocycles. The highest BCUT2D eigenvalue weighted by atomic mass is 32.2. The fourth-order valence-electron chi connectivity index (χ4n) is 4.01. The average Bonchev–Trinajstić information content (AvgIpc) is 2.69. The van der Waals surface area contributed by atoms with Gasteiger partial charge < -0.3 is 4.74 Å². The topological polar surface area (TPSA) is 66.9 Å². The van der Waals surface area contributed by atoms with E-state index in [0.717, 1.165) is 22.3 Å². The third-order valence-corrected chi connectivity index (χ3v) is 7.47. The molecule has 0 N–H and O–H groups in total. The van der Waals surface area contributed by atoms with Crippen LogP contribution in [-0.2, 0) is 21.4 Å². The van der Waals surface area contributed by atoms with Crippen molar-refractivity contribution in [2.24, 2.45) is 0 Å². The minimum absolute atomic E-state index is 0.0721. The highest BCUT2D eigenvalue weighted by Gasteiger charge is 2.37. The van der Waals surface area contributed by atoms with Crippen LogP contribution in [0.25, 0.3) is 0 Å². The van der Waals surface area contributed by atoms with Crippen LogP contribution in [0, 0.1) is 6.92 Å². The molecular weight excluding hydrogens is 375 g/mol. The molecule has 28 heavy (non-hydrogen) atoms. The molecule has 2 aliphatic rings. The molecule has 0 bridgehead atoms. The lowest BCUT2D eigenvalue weighted by Gasteiger charge is -2.40. The van der Waals surface area contributed by atoms with Crippen molar-refractivity contribution in [3.05, 3.63) is 53.6 Å². The largest absolute Gasteiger partial charge is 0.444 e. The number of carbonyl (C=O) groups excluding carboxylic acids is 1. The number of sulfonamides is 1. The summed E-state index contributed by atoms with van der Waals surface area (Å²) >= 11 is 0. The number of aryl methyl sites for hydroxylation is 1. The highest BCUT2D eigenvalue weighted by molar-refractivity contribution is 7.89. The first-order valence-electron chi connectivity index (χ1n) is 9.49. The summed E-state index contributed by atoms with van der Waals surface area (Å²) in [6, 6.07) is 12.8. The van der Waals surface area contributed by atoms with E-state index in [2.05, 4.69) is 0 Å². The van der Waals surface area contributed by atoms with Gasteiger partial charge in [-0.25, -0.2) is 13.2 Å². The van der Waals surface area contributed by atoms with Crippen molar-refractivity contribution in [2.75, 3.05) is 18.0 Å². The maximum Gasteiger partial charge on any atom is 0.414 e. The zero-order valence-corrected chi connectivity index (χ0v) is 16.9. The lowest BCUT2D eigenvalue weighted by atomic mass is 9.97. The molecular formula is C20H23BN2O4S. The number of carbonyl (C=O) groups is 1. The summed E-state index contributed by atoms with van der Waals surface area (Å²) in [5.74, 6) is 0. The maximum absolute atomic E-state index is 12.9. The van der Waals surface area contributed by atoms with Gasteiger partial charge in [0.15, 0.2) is 0 Å². The summed E-state index contributed by atoms with van der Waals surface area (Å²) in [6.45, 7) is 3.03. The number of nitrogens with zero attached hydrogens (tertiary/aromatic N) is 2. The first kappa shape index (κ1) is 19.0. The van der Waals surface area contributed by atoms with Crippen molar-refractivity contribution in [1.82, 2.24) is 4.31 Å². The van der Waals surface area contributed by atoms with Gasteiger partial charge in [0.25, 0.3) is 0 Å². The third-order valence-electron chi connectivity index (χ3n) is 5.56. The average molecular weight is 398 g/mol. The predicted octanol–water partition coefficient (Wildman–Crippen LogP) is 1.56. The number of amides is 1. The number of benzene rings is 2. The second-order valence-electron chi connectivity index (χ2n) is 7.46. The number of hydrogen-bond acceptors (Lipinski definition) is 4. The van der Waals surface area contributed by atoms with E-state index in [9.17, 15) is 13.2 Å². The van der Waals surface area contributed by atoms with Gasteiger partial charge in [-0.3, -0.25) is 4.90 Å². The fourth-order valence-corrected chi connectivity index (χ4v) is 5.48. The van der Waals surface area contributed by atoms with Crippen LogP contribution in [0.3, 0.4) is 0 Å². The summed E-state index contributed by atoms with van der Waals surface area (Å²) in [5, 5.41) is 0. The van der Waals surface area contributed by atoms with E-state index >= 15 is 0 Å². The van der Waals surface area contributed by atoms with E-state index in [1.54, 1.807) is 17.0 Å². The summed E-state index contributed by atoms with van der Waals surface area (Å²) in [6.07, 6.45) is 0.809. The van der Waals surface area contributed by atoms with Gasteiger partial charge in [0, 0.05) is 24.7 Å². The molecule has 8 heteroatoms. The molecule has 2 aromatic rings. The Bertz CT molecular complexity index is 999. The predicted molar refractivity (Wildman–Crippen MR) is 110 cm³/mol. The van der Waals surface area contributed by atoms with E-state index < -0.39 is 10.0 Å². The molecule has 0 unspecified atom stereocenters. The van der Waals surface area contributed by atoms with Gasteiger partial charge in [-0.15, -0.1) is 0 Å². The van der Waals surface area contributed by atoms with Crippen molar-refractivity contribution in [1.29, 1.82) is 0 Å². The Labute approximate surface area is 166 Å². The molecule has 2 heterocycles. The smallest absolute Gasteiger partial charge is 0.414 e. The Morgan fingerprint density at radius 1 is 1.07 bits per heavy atom. The minimum atomic E-state index is -3.52. The molecule has 0 radical (unpaired) electrons. The van der Waals surface area contributed by atoms with Crippen molar-refractivity contribution < 1.29 is 17.9 Å². The van der Waals surface area contributed by atoms with Crippen molar-refractivity contribution in [3.63, 3.8) is 0 Å². The van der Waals surface area contributed by atoms with Crippen LogP contribution in [0.2, 0.25) is 0 Å². The second-order valence-corrected chi connectivity index (χ2v) is 9.39. The van der Waals surface area contributed by atoms with Crippen LogP contribution in [0.1, 0.15) is 24.0 Å². The number of rotatable bonds is 3. The van der Waals surface area contributed by atoms with Gasteiger partial charge in [-0.1, -0.05) is 35.8 Å². The van der Waals surface area contributed by atoms with Crippen molar-refractivity contribution in [2.45, 2.75) is 37.3 Å². The van der Waals surface area contributed by atoms with Gasteiger partial charge >= 0.3 is 6.09 Å². The molecule has 1 fully saturated rings. The van der Waals surface area contributed by atoms with Gasteiger partial charge in [-0.05, 0) is 37.5 Å². The standard InChI is InChI=1S/C20H23BN2O4S/c1-14-3-2-4-15-13-27-20(24)23(19(14)15)17-9-11-22(12-10-17)28(25,26)18-7-5-16(21)6-8-18/h2-8,17H,9-13,21H2,1H3. The Morgan fingerprint density at radius 3 is 2.43 bits per heavy atom. The first-order chi connectivity index (χ1) is 13.4. The van der Waals surface area contributed by atoms with Crippen LogP contribution < -0.4 is 10.4 Å². The molecule has 2 aliphatic heterocycles. The molecule has 0 aliphatic carbocycles. The Kier molecular flexibility index (Phi) is 4.93. The summed E-state index contributed by atoms with van der Waals surface area (Å²) in [4.78, 5) is 14.6. The molecule has 0 aromatic heterocycles. The van der Waals surface area contributed by atoms with Crippen molar-refractivity contribution in [3.8, 4) is 0 Å². The van der Waals surface area contributed by atoms with Crippen LogP contribution in [-0.4, -0.2) is 45.8 Å². The number of cyclic esters (lactones) is 1. The molecule has 0 spiro atoms. The monoisotopic (exact) mass is 398 g/mol. The van der Waals surface area contributed by atoms with Crippen LogP contribution in [0.4, 0.5) is 10.5 Å². The normalized spacial score (nSPS) is 18.6. The number of piperidine rings is 1. The lowest BCUT2D eigenvalue weighted by Crippen LogP contribution is -2.50. The maximum atomic E-state index is 12.9. The number of ether oxygens (including phenoxy) is 1. The van der Waals surface area contributed by atoms with E-state index in [1.807, 2.05) is 45.1 Å². The molecule has 0 atom stereocenters. The molecule has 1 saturated heterocycles. The summed E-state index contributed by atoms with van der Waals surface area (Å²) < 4.78 is 32.7. The SMILES string of the molecule is Bc1ccc(S(=O)(=O)N2CCC(N3C(=O)OCc4cccc(C)c43)CC2)cc1. The van der Waals surface area contributed by atoms with Crippen LogP contribution in [0.15, 0.2) is 47.4 Å². The summed E-state index contributed by atoms with van der Waals surface area (Å²) in [5.41, 5.74) is 3.96. The van der Waals surface area contributed by atoms with Crippen molar-refractivity contribution >= 4 is 35.1 Å². The lowest BCUT2D eigenvalue weighted by molar-refractivity contribution is 0.135. The minimum Gasteiger partial charge on any atom is -0.444 e. The summed E-state index contributed by atoms with van der Waals surface area (Å²) in [7, 11) is -1.59. The zero-order chi connectivity index (χ0) is 19.9. The van der Waals surface area contributed by atoms with E-state index in [1.165, 1.54) is 4.31 Å².